The molecule has 1 N–H and O–H groups in total. The van der Waals surface area contributed by atoms with Crippen LogP contribution in [0.2, 0.25) is 5.02 Å². The number of rotatable bonds is 8. The number of sulfonamides is 1. The van der Waals surface area contributed by atoms with Gasteiger partial charge in [-0.15, -0.1) is 0 Å². The van der Waals surface area contributed by atoms with Crippen molar-refractivity contribution >= 4 is 33.7 Å². The molecule has 0 radical (unpaired) electrons. The molecule has 0 aliphatic rings. The first-order valence-corrected chi connectivity index (χ1v) is 10.9. The van der Waals surface area contributed by atoms with Crippen LogP contribution in [0, 0.1) is 5.82 Å². The van der Waals surface area contributed by atoms with Crippen LogP contribution in [0.25, 0.3) is 0 Å². The predicted octanol–water partition coefficient (Wildman–Crippen LogP) is 3.22. The molecular formula is C21H18ClFN4O3S. The molecule has 1 aromatic heterocycles. The van der Waals surface area contributed by atoms with Crippen LogP contribution in [-0.2, 0) is 21.4 Å². The van der Waals surface area contributed by atoms with Crippen LogP contribution in [0.4, 0.5) is 4.39 Å². The molecule has 0 bridgehead atoms. The van der Waals surface area contributed by atoms with Crippen molar-refractivity contribution in [3.8, 4) is 0 Å². The zero-order valence-corrected chi connectivity index (χ0v) is 17.7. The molecule has 0 aliphatic carbocycles. The van der Waals surface area contributed by atoms with E-state index in [9.17, 15) is 17.6 Å². The number of benzene rings is 2. The highest BCUT2D eigenvalue weighted by Crippen LogP contribution is 2.20. The van der Waals surface area contributed by atoms with Crippen LogP contribution in [0.1, 0.15) is 11.1 Å². The summed E-state index contributed by atoms with van der Waals surface area (Å²) in [5.74, 6) is -1.09. The summed E-state index contributed by atoms with van der Waals surface area (Å²) < 4.78 is 40.5. The second-order valence-corrected chi connectivity index (χ2v) is 8.81. The fraction of sp³-hybridized carbons (Fsp3) is 0.0952. The van der Waals surface area contributed by atoms with Crippen molar-refractivity contribution < 1.29 is 17.6 Å². The Morgan fingerprint density at radius 3 is 2.48 bits per heavy atom. The standard InChI is InChI=1S/C21H18ClFN4O3S/c22-18-5-9-20(10-6-18)31(29,30)27(14-16-3-7-19(23)8-4-16)15-21(28)26-25-13-17-2-1-11-24-12-17/h1-13H,14-15H2,(H,26,28)/b25-13-. The van der Waals surface area contributed by atoms with E-state index in [0.717, 1.165) is 4.31 Å². The molecule has 1 heterocycles. The van der Waals surface area contributed by atoms with Gasteiger partial charge in [0.25, 0.3) is 5.91 Å². The molecular weight excluding hydrogens is 443 g/mol. The third kappa shape index (κ3) is 6.42. The Labute approximate surface area is 184 Å². The summed E-state index contributed by atoms with van der Waals surface area (Å²) in [5, 5.41) is 4.21. The summed E-state index contributed by atoms with van der Waals surface area (Å²) in [7, 11) is -4.04. The van der Waals surface area contributed by atoms with E-state index in [2.05, 4.69) is 15.5 Å². The van der Waals surface area contributed by atoms with Gasteiger partial charge in [-0.3, -0.25) is 9.78 Å². The first kappa shape index (κ1) is 22.5. The van der Waals surface area contributed by atoms with Gasteiger partial charge in [-0.05, 0) is 48.0 Å². The number of hydrazone groups is 1. The minimum atomic E-state index is -4.04. The van der Waals surface area contributed by atoms with E-state index in [1.807, 2.05) is 0 Å². The molecule has 0 saturated heterocycles. The van der Waals surface area contributed by atoms with Crippen molar-refractivity contribution in [1.29, 1.82) is 0 Å². The molecule has 0 spiro atoms. The lowest BCUT2D eigenvalue weighted by atomic mass is 10.2. The number of aromatic nitrogens is 1. The second kappa shape index (κ2) is 10.3. The van der Waals surface area contributed by atoms with Gasteiger partial charge in [0, 0.05) is 29.5 Å². The van der Waals surface area contributed by atoms with Crippen molar-refractivity contribution in [2.75, 3.05) is 6.54 Å². The van der Waals surface area contributed by atoms with Gasteiger partial charge in [0.15, 0.2) is 0 Å². The Morgan fingerprint density at radius 1 is 1.13 bits per heavy atom. The normalized spacial score (nSPS) is 11.7. The van der Waals surface area contributed by atoms with Crippen molar-refractivity contribution in [2.24, 2.45) is 5.10 Å². The summed E-state index contributed by atoms with van der Waals surface area (Å²) in [6, 6.07) is 14.4. The molecule has 10 heteroatoms. The Balaban J connectivity index is 1.79. The van der Waals surface area contributed by atoms with Crippen LogP contribution in [-0.4, -0.2) is 36.4 Å². The largest absolute Gasteiger partial charge is 0.272 e. The van der Waals surface area contributed by atoms with Gasteiger partial charge in [0.05, 0.1) is 17.7 Å². The lowest BCUT2D eigenvalue weighted by Crippen LogP contribution is -2.39. The Hall–Kier alpha value is -3.14. The van der Waals surface area contributed by atoms with Crippen LogP contribution >= 0.6 is 11.6 Å². The topological polar surface area (TPSA) is 91.7 Å². The molecule has 0 unspecified atom stereocenters. The maximum atomic E-state index is 13.2. The first-order chi connectivity index (χ1) is 14.8. The maximum Gasteiger partial charge on any atom is 0.255 e. The quantitative estimate of drug-likeness (QED) is 0.412. The smallest absolute Gasteiger partial charge is 0.255 e. The number of nitrogens with one attached hydrogen (secondary N) is 1. The van der Waals surface area contributed by atoms with E-state index in [1.54, 1.807) is 24.5 Å². The molecule has 0 atom stereocenters. The number of hydrogen-bond donors (Lipinski definition) is 1. The van der Waals surface area contributed by atoms with Crippen molar-refractivity contribution in [3.63, 3.8) is 0 Å². The Bertz CT molecular complexity index is 1160. The number of halogens is 2. The highest BCUT2D eigenvalue weighted by atomic mass is 35.5. The Morgan fingerprint density at radius 2 is 1.84 bits per heavy atom. The van der Waals surface area contributed by atoms with E-state index in [0.29, 0.717) is 16.1 Å². The number of nitrogens with zero attached hydrogens (tertiary/aromatic N) is 3. The molecule has 3 aromatic rings. The summed E-state index contributed by atoms with van der Waals surface area (Å²) in [5.41, 5.74) is 3.49. The zero-order valence-electron chi connectivity index (χ0n) is 16.2. The van der Waals surface area contributed by atoms with Crippen LogP contribution in [0.3, 0.4) is 0 Å². The molecule has 1 amide bonds. The molecule has 0 aliphatic heterocycles. The average Bonchev–Trinajstić information content (AvgIpc) is 2.76. The van der Waals surface area contributed by atoms with Crippen molar-refractivity contribution in [1.82, 2.24) is 14.7 Å². The third-order valence-corrected chi connectivity index (χ3v) is 6.19. The lowest BCUT2D eigenvalue weighted by molar-refractivity contribution is -0.121. The van der Waals surface area contributed by atoms with Gasteiger partial charge in [0.2, 0.25) is 10.0 Å². The van der Waals surface area contributed by atoms with E-state index < -0.39 is 28.3 Å². The molecule has 160 valence electrons. The van der Waals surface area contributed by atoms with Gasteiger partial charge in [-0.2, -0.15) is 9.41 Å². The predicted molar refractivity (Wildman–Crippen MR) is 115 cm³/mol. The molecule has 2 aromatic carbocycles. The third-order valence-electron chi connectivity index (χ3n) is 4.13. The van der Waals surface area contributed by atoms with Gasteiger partial charge < -0.3 is 0 Å². The minimum Gasteiger partial charge on any atom is -0.272 e. The van der Waals surface area contributed by atoms with E-state index in [4.69, 9.17) is 11.6 Å². The molecule has 0 fully saturated rings. The van der Waals surface area contributed by atoms with Crippen molar-refractivity contribution in [2.45, 2.75) is 11.4 Å². The SMILES string of the molecule is O=C(CN(Cc1ccc(F)cc1)S(=O)(=O)c1ccc(Cl)cc1)N/N=C\c1cccnc1. The number of amides is 1. The number of carbonyl (C=O) groups excluding carboxylic acids is 1. The Kier molecular flexibility index (Phi) is 7.45. The number of hydrogen-bond acceptors (Lipinski definition) is 5. The maximum absolute atomic E-state index is 13.2. The lowest BCUT2D eigenvalue weighted by Gasteiger charge is -2.21. The van der Waals surface area contributed by atoms with Crippen LogP contribution in [0.15, 0.2) is 83.1 Å². The summed E-state index contributed by atoms with van der Waals surface area (Å²) in [6.45, 7) is -0.627. The average molecular weight is 461 g/mol. The highest BCUT2D eigenvalue weighted by molar-refractivity contribution is 7.89. The van der Waals surface area contributed by atoms with Crippen molar-refractivity contribution in [3.05, 3.63) is 95.0 Å². The van der Waals surface area contributed by atoms with Gasteiger partial charge >= 0.3 is 0 Å². The zero-order chi connectivity index (χ0) is 22.3. The van der Waals surface area contributed by atoms with E-state index in [-0.39, 0.29) is 11.4 Å². The van der Waals surface area contributed by atoms with Crippen LogP contribution in [0.5, 0.6) is 0 Å². The fourth-order valence-corrected chi connectivity index (χ4v) is 4.11. The molecule has 31 heavy (non-hydrogen) atoms. The minimum absolute atomic E-state index is 0.0225. The van der Waals surface area contributed by atoms with Gasteiger partial charge in [-0.1, -0.05) is 29.8 Å². The van der Waals surface area contributed by atoms with E-state index in [1.165, 1.54) is 54.7 Å². The van der Waals surface area contributed by atoms with Gasteiger partial charge in [0.1, 0.15) is 5.82 Å². The summed E-state index contributed by atoms with van der Waals surface area (Å²) in [6.07, 6.45) is 4.55. The molecule has 7 nitrogen and oxygen atoms in total. The summed E-state index contributed by atoms with van der Waals surface area (Å²) in [4.78, 5) is 16.3. The van der Waals surface area contributed by atoms with Gasteiger partial charge in [-0.25, -0.2) is 18.2 Å². The monoisotopic (exact) mass is 460 g/mol. The first-order valence-electron chi connectivity index (χ1n) is 9.07. The summed E-state index contributed by atoms with van der Waals surface area (Å²) >= 11 is 5.85. The number of pyridine rings is 1. The molecule has 3 rings (SSSR count). The van der Waals surface area contributed by atoms with Crippen LogP contribution < -0.4 is 5.43 Å². The highest BCUT2D eigenvalue weighted by Gasteiger charge is 2.27. The van der Waals surface area contributed by atoms with E-state index >= 15 is 0 Å². The number of carbonyl (C=O) groups is 1. The second-order valence-electron chi connectivity index (χ2n) is 6.43. The molecule has 0 saturated carbocycles. The fourth-order valence-electron chi connectivity index (χ4n) is 2.60.